The number of imidazole rings is 1. The molecular weight excluding hydrogens is 264 g/mol. The number of nitrogens with zero attached hydrogens (tertiary/aromatic N) is 1. The van der Waals surface area contributed by atoms with Crippen LogP contribution in [-0.4, -0.2) is 28.2 Å². The summed E-state index contributed by atoms with van der Waals surface area (Å²) in [6.45, 7) is 3.19. The van der Waals surface area contributed by atoms with Crippen LogP contribution in [0.4, 0.5) is 0 Å². The number of fused-ring (bicyclic) bond motifs is 1. The zero-order chi connectivity index (χ0) is 13.1. The van der Waals surface area contributed by atoms with E-state index in [9.17, 15) is 0 Å². The number of H-pyrrole nitrogens is 1. The molecular formula is C13H18N2OS2. The summed E-state index contributed by atoms with van der Waals surface area (Å²) in [7, 11) is 1.67. The van der Waals surface area contributed by atoms with E-state index in [0.29, 0.717) is 5.25 Å². The zero-order valence-electron chi connectivity index (χ0n) is 10.9. The summed E-state index contributed by atoms with van der Waals surface area (Å²) in [6, 6.07) is 6.02. The molecule has 1 heterocycles. The summed E-state index contributed by atoms with van der Waals surface area (Å²) < 4.78 is 8.17. The Morgan fingerprint density at radius 2 is 2.28 bits per heavy atom. The number of methoxy groups -OCH3 is 1. The predicted octanol–water partition coefficient (Wildman–Crippen LogP) is 3.85. The Labute approximate surface area is 117 Å². The van der Waals surface area contributed by atoms with Crippen molar-refractivity contribution in [3.8, 4) is 5.75 Å². The highest BCUT2D eigenvalue weighted by molar-refractivity contribution is 7.99. The first kappa shape index (κ1) is 13.5. The minimum atomic E-state index is 0.648. The van der Waals surface area contributed by atoms with Gasteiger partial charge in [-0.1, -0.05) is 6.92 Å². The molecule has 0 fully saturated rings. The molecule has 0 aliphatic heterocycles. The normalized spacial score (nSPS) is 12.8. The Balaban J connectivity index is 2.33. The molecule has 0 aliphatic carbocycles. The SMILES string of the molecule is COc1ccc2c(c1)[nH]c(=S)n2CCC(C)SC. The molecule has 1 aromatic carbocycles. The van der Waals surface area contributed by atoms with Gasteiger partial charge in [-0.2, -0.15) is 11.8 Å². The lowest BCUT2D eigenvalue weighted by Crippen LogP contribution is -2.04. The van der Waals surface area contributed by atoms with Crippen molar-refractivity contribution in [1.29, 1.82) is 0 Å². The van der Waals surface area contributed by atoms with Gasteiger partial charge in [0.25, 0.3) is 0 Å². The van der Waals surface area contributed by atoms with Gasteiger partial charge in [-0.15, -0.1) is 0 Å². The van der Waals surface area contributed by atoms with E-state index in [-0.39, 0.29) is 0 Å². The summed E-state index contributed by atoms with van der Waals surface area (Å²) in [5, 5.41) is 0.648. The van der Waals surface area contributed by atoms with Crippen molar-refractivity contribution in [2.24, 2.45) is 0 Å². The van der Waals surface area contributed by atoms with Gasteiger partial charge in [0, 0.05) is 17.9 Å². The predicted molar refractivity (Wildman–Crippen MR) is 81.3 cm³/mol. The van der Waals surface area contributed by atoms with Gasteiger partial charge in [-0.05, 0) is 37.0 Å². The van der Waals surface area contributed by atoms with Gasteiger partial charge in [-0.25, -0.2) is 0 Å². The van der Waals surface area contributed by atoms with Crippen LogP contribution in [0.15, 0.2) is 18.2 Å². The standard InChI is InChI=1S/C13H18N2OS2/c1-9(18-3)6-7-15-12-5-4-10(16-2)8-11(12)14-13(15)17/h4-5,8-9H,6-7H2,1-3H3,(H,14,17). The Morgan fingerprint density at radius 3 is 2.94 bits per heavy atom. The summed E-state index contributed by atoms with van der Waals surface area (Å²) in [4.78, 5) is 3.23. The third kappa shape index (κ3) is 2.72. The highest BCUT2D eigenvalue weighted by Crippen LogP contribution is 2.21. The molecule has 0 saturated carbocycles. The number of aryl methyl sites for hydroxylation is 1. The maximum absolute atomic E-state index is 5.38. The van der Waals surface area contributed by atoms with Crippen molar-refractivity contribution in [3.05, 3.63) is 23.0 Å². The second kappa shape index (κ2) is 5.80. The van der Waals surface area contributed by atoms with Crippen molar-refractivity contribution < 1.29 is 4.74 Å². The fourth-order valence-electron chi connectivity index (χ4n) is 1.92. The van der Waals surface area contributed by atoms with E-state index in [1.807, 2.05) is 23.9 Å². The summed E-state index contributed by atoms with van der Waals surface area (Å²) >= 11 is 7.27. The van der Waals surface area contributed by atoms with Gasteiger partial charge in [0.15, 0.2) is 4.77 Å². The molecule has 0 radical (unpaired) electrons. The zero-order valence-corrected chi connectivity index (χ0v) is 12.5. The highest BCUT2D eigenvalue weighted by Gasteiger charge is 2.07. The lowest BCUT2D eigenvalue weighted by Gasteiger charge is -2.09. The molecule has 0 saturated heterocycles. The average Bonchev–Trinajstić information content (AvgIpc) is 2.70. The maximum Gasteiger partial charge on any atom is 0.178 e. The van der Waals surface area contributed by atoms with Crippen molar-refractivity contribution >= 4 is 35.0 Å². The molecule has 0 amide bonds. The number of hydrogen-bond acceptors (Lipinski definition) is 3. The number of aromatic nitrogens is 2. The number of benzene rings is 1. The minimum absolute atomic E-state index is 0.648. The fraction of sp³-hybridized carbons (Fsp3) is 0.462. The van der Waals surface area contributed by atoms with Crippen LogP contribution < -0.4 is 4.74 Å². The number of hydrogen-bond donors (Lipinski definition) is 1. The number of aromatic amines is 1. The molecule has 1 atom stereocenters. The van der Waals surface area contributed by atoms with Gasteiger partial charge < -0.3 is 14.3 Å². The molecule has 2 aromatic rings. The van der Waals surface area contributed by atoms with Crippen LogP contribution in [0.25, 0.3) is 11.0 Å². The number of thioether (sulfide) groups is 1. The molecule has 3 nitrogen and oxygen atoms in total. The molecule has 0 aliphatic rings. The van der Waals surface area contributed by atoms with E-state index in [4.69, 9.17) is 17.0 Å². The van der Waals surface area contributed by atoms with Crippen LogP contribution in [0.5, 0.6) is 5.75 Å². The van der Waals surface area contributed by atoms with E-state index in [1.54, 1.807) is 7.11 Å². The van der Waals surface area contributed by atoms with E-state index in [0.717, 1.165) is 34.5 Å². The largest absolute Gasteiger partial charge is 0.497 e. The summed E-state index contributed by atoms with van der Waals surface area (Å²) in [5.74, 6) is 0.850. The third-order valence-corrected chi connectivity index (χ3v) is 4.51. The Morgan fingerprint density at radius 1 is 1.50 bits per heavy atom. The summed E-state index contributed by atoms with van der Waals surface area (Å²) in [5.41, 5.74) is 2.19. The monoisotopic (exact) mass is 282 g/mol. The quantitative estimate of drug-likeness (QED) is 0.845. The number of rotatable bonds is 5. The van der Waals surface area contributed by atoms with Gasteiger partial charge in [0.1, 0.15) is 5.75 Å². The average molecular weight is 282 g/mol. The first-order valence-electron chi connectivity index (χ1n) is 5.95. The second-order valence-corrected chi connectivity index (χ2v) is 5.96. The van der Waals surface area contributed by atoms with Gasteiger partial charge in [-0.3, -0.25) is 0 Å². The van der Waals surface area contributed by atoms with Crippen LogP contribution in [0, 0.1) is 4.77 Å². The van der Waals surface area contributed by atoms with Crippen molar-refractivity contribution in [1.82, 2.24) is 9.55 Å². The van der Waals surface area contributed by atoms with Crippen molar-refractivity contribution in [2.45, 2.75) is 25.1 Å². The Kier molecular flexibility index (Phi) is 4.35. The fourth-order valence-corrected chi connectivity index (χ4v) is 2.56. The van der Waals surface area contributed by atoms with E-state index in [2.05, 4.69) is 28.8 Å². The molecule has 0 bridgehead atoms. The first-order valence-corrected chi connectivity index (χ1v) is 7.64. The van der Waals surface area contributed by atoms with Crippen LogP contribution in [0.1, 0.15) is 13.3 Å². The van der Waals surface area contributed by atoms with Crippen LogP contribution in [-0.2, 0) is 6.54 Å². The Hall–Kier alpha value is -0.940. The summed E-state index contributed by atoms with van der Waals surface area (Å²) in [6.07, 6.45) is 3.26. The van der Waals surface area contributed by atoms with Crippen LogP contribution in [0.3, 0.4) is 0 Å². The number of nitrogens with one attached hydrogen (secondary N) is 1. The molecule has 18 heavy (non-hydrogen) atoms. The molecule has 0 spiro atoms. The maximum atomic E-state index is 5.38. The van der Waals surface area contributed by atoms with E-state index < -0.39 is 0 Å². The van der Waals surface area contributed by atoms with Crippen molar-refractivity contribution in [3.63, 3.8) is 0 Å². The van der Waals surface area contributed by atoms with Gasteiger partial charge in [0.2, 0.25) is 0 Å². The lowest BCUT2D eigenvalue weighted by molar-refractivity contribution is 0.415. The second-order valence-electron chi connectivity index (χ2n) is 4.30. The molecule has 1 N–H and O–H groups in total. The molecule has 2 rings (SSSR count). The molecule has 98 valence electrons. The van der Waals surface area contributed by atoms with Crippen LogP contribution >= 0.6 is 24.0 Å². The first-order chi connectivity index (χ1) is 8.65. The minimum Gasteiger partial charge on any atom is -0.497 e. The highest BCUT2D eigenvalue weighted by atomic mass is 32.2. The van der Waals surface area contributed by atoms with Gasteiger partial charge in [0.05, 0.1) is 18.1 Å². The smallest absolute Gasteiger partial charge is 0.178 e. The third-order valence-electron chi connectivity index (χ3n) is 3.14. The topological polar surface area (TPSA) is 29.9 Å². The Bertz CT molecular complexity index is 588. The molecule has 5 heteroatoms. The van der Waals surface area contributed by atoms with Crippen LogP contribution in [0.2, 0.25) is 0 Å². The van der Waals surface area contributed by atoms with Crippen molar-refractivity contribution in [2.75, 3.05) is 13.4 Å². The van der Waals surface area contributed by atoms with E-state index in [1.165, 1.54) is 0 Å². The number of ether oxygens (including phenoxy) is 1. The van der Waals surface area contributed by atoms with Gasteiger partial charge >= 0.3 is 0 Å². The lowest BCUT2D eigenvalue weighted by atomic mass is 10.3. The molecule has 1 aromatic heterocycles. The molecule has 1 unspecified atom stereocenters. The van der Waals surface area contributed by atoms with E-state index >= 15 is 0 Å².